The van der Waals surface area contributed by atoms with Crippen LogP contribution in [0, 0.1) is 11.3 Å². The number of hydrogen-bond acceptors (Lipinski definition) is 3. The first-order valence-corrected chi connectivity index (χ1v) is 9.67. The Kier molecular flexibility index (Phi) is 6.49. The largest absolute Gasteiger partial charge is 0.497 e. The lowest BCUT2D eigenvalue weighted by molar-refractivity contribution is 0.414. The smallest absolute Gasteiger partial charge is 0.119 e. The number of nitrogens with zero attached hydrogens (tertiary/aromatic N) is 1. The molecule has 0 aliphatic rings. The molecule has 0 atom stereocenters. The first-order chi connectivity index (χ1) is 14.0. The summed E-state index contributed by atoms with van der Waals surface area (Å²) in [7, 11) is 1.68. The van der Waals surface area contributed by atoms with E-state index in [2.05, 4.69) is 67.7 Å². The second kappa shape index (κ2) is 9.23. The lowest BCUT2D eigenvalue weighted by Gasteiger charge is -2.31. The highest BCUT2D eigenvalue weighted by atomic mass is 16.5. The second-order valence-corrected chi connectivity index (χ2v) is 7.49. The van der Waals surface area contributed by atoms with E-state index in [-0.39, 0.29) is 5.54 Å². The maximum absolute atomic E-state index is 9.06. The van der Waals surface area contributed by atoms with Gasteiger partial charge in [0.2, 0.25) is 0 Å². The Morgan fingerprint density at radius 3 is 2.38 bits per heavy atom. The van der Waals surface area contributed by atoms with E-state index in [1.807, 2.05) is 42.5 Å². The molecule has 0 bridgehead atoms. The Morgan fingerprint density at radius 2 is 1.72 bits per heavy atom. The van der Waals surface area contributed by atoms with Crippen molar-refractivity contribution in [1.29, 1.82) is 5.26 Å². The average molecular weight is 383 g/mol. The molecule has 0 aliphatic carbocycles. The fourth-order valence-electron chi connectivity index (χ4n) is 3.25. The van der Waals surface area contributed by atoms with E-state index in [0.717, 1.165) is 29.0 Å². The van der Waals surface area contributed by atoms with E-state index in [9.17, 15) is 0 Å². The predicted octanol–water partition coefficient (Wildman–Crippen LogP) is 5.68. The highest BCUT2D eigenvalue weighted by Crippen LogP contribution is 2.31. The highest BCUT2D eigenvalue weighted by Gasteiger charge is 2.24. The summed E-state index contributed by atoms with van der Waals surface area (Å²) in [5, 5.41) is 12.8. The molecule has 0 radical (unpaired) electrons. The maximum atomic E-state index is 9.06. The quantitative estimate of drug-likeness (QED) is 0.535. The zero-order valence-electron chi connectivity index (χ0n) is 17.1. The van der Waals surface area contributed by atoms with Gasteiger partial charge in [0.05, 0.1) is 18.7 Å². The third-order valence-electron chi connectivity index (χ3n) is 4.98. The van der Waals surface area contributed by atoms with Gasteiger partial charge in [-0.3, -0.25) is 0 Å². The lowest BCUT2D eigenvalue weighted by Crippen LogP contribution is -2.39. The lowest BCUT2D eigenvalue weighted by atomic mass is 9.86. The van der Waals surface area contributed by atoms with Crippen molar-refractivity contribution in [3.63, 3.8) is 0 Å². The normalized spacial score (nSPS) is 11.7. The molecular formula is C26H26N2O. The van der Waals surface area contributed by atoms with Crippen molar-refractivity contribution in [2.24, 2.45) is 0 Å². The van der Waals surface area contributed by atoms with Crippen molar-refractivity contribution >= 4 is 11.6 Å². The van der Waals surface area contributed by atoms with Gasteiger partial charge in [-0.15, -0.1) is 0 Å². The first-order valence-electron chi connectivity index (χ1n) is 9.67. The van der Waals surface area contributed by atoms with Crippen LogP contribution >= 0.6 is 0 Å². The molecule has 3 nitrogen and oxygen atoms in total. The number of rotatable bonds is 7. The molecule has 0 amide bonds. The van der Waals surface area contributed by atoms with Crippen LogP contribution in [-0.2, 0) is 6.54 Å². The number of hydrogen-bond donors (Lipinski definition) is 1. The van der Waals surface area contributed by atoms with Crippen LogP contribution in [0.2, 0.25) is 0 Å². The van der Waals surface area contributed by atoms with E-state index in [4.69, 9.17) is 10.00 Å². The molecular weight excluding hydrogens is 356 g/mol. The molecule has 3 rings (SSSR count). The Bertz CT molecular complexity index is 1010. The fourth-order valence-corrected chi connectivity index (χ4v) is 3.25. The minimum Gasteiger partial charge on any atom is -0.497 e. The Balaban J connectivity index is 1.98. The average Bonchev–Trinajstić information content (AvgIpc) is 2.77. The summed E-state index contributed by atoms with van der Waals surface area (Å²) >= 11 is 0. The van der Waals surface area contributed by atoms with Gasteiger partial charge in [-0.1, -0.05) is 54.6 Å². The Labute approximate surface area is 173 Å². The van der Waals surface area contributed by atoms with Crippen molar-refractivity contribution in [2.75, 3.05) is 7.11 Å². The van der Waals surface area contributed by atoms with Crippen LogP contribution in [0.5, 0.6) is 5.75 Å². The molecule has 3 aromatic rings. The van der Waals surface area contributed by atoms with Crippen molar-refractivity contribution in [2.45, 2.75) is 25.9 Å². The van der Waals surface area contributed by atoms with E-state index < -0.39 is 0 Å². The molecule has 0 fully saturated rings. The van der Waals surface area contributed by atoms with Gasteiger partial charge in [0.15, 0.2) is 0 Å². The summed E-state index contributed by atoms with van der Waals surface area (Å²) in [6.45, 7) is 5.14. The van der Waals surface area contributed by atoms with Gasteiger partial charge in [0, 0.05) is 12.1 Å². The summed E-state index contributed by atoms with van der Waals surface area (Å²) in [4.78, 5) is 0. The standard InChI is InChI=1S/C26H26N2O/c1-26(2,28-19-22-8-5-4-6-9-22)25(23-10-7-11-24(17-23)29-3)16-20-12-14-21(18-27)15-13-20/h4-17,28H,19H2,1-3H3/b25-16+. The molecule has 0 spiro atoms. The predicted molar refractivity (Wildman–Crippen MR) is 119 cm³/mol. The highest BCUT2D eigenvalue weighted by molar-refractivity contribution is 5.86. The van der Waals surface area contributed by atoms with Gasteiger partial charge in [-0.05, 0) is 66.5 Å². The molecule has 29 heavy (non-hydrogen) atoms. The monoisotopic (exact) mass is 382 g/mol. The summed E-state index contributed by atoms with van der Waals surface area (Å²) in [5.41, 5.74) is 4.90. The Hall–Kier alpha value is -3.35. The van der Waals surface area contributed by atoms with Crippen molar-refractivity contribution in [3.05, 3.63) is 101 Å². The number of methoxy groups -OCH3 is 1. The molecule has 3 heteroatoms. The van der Waals surface area contributed by atoms with E-state index >= 15 is 0 Å². The van der Waals surface area contributed by atoms with Crippen molar-refractivity contribution < 1.29 is 4.74 Å². The van der Waals surface area contributed by atoms with Crippen LogP contribution in [0.3, 0.4) is 0 Å². The molecule has 0 aliphatic heterocycles. The van der Waals surface area contributed by atoms with Gasteiger partial charge < -0.3 is 10.1 Å². The molecule has 0 heterocycles. The first kappa shape index (κ1) is 20.4. The van der Waals surface area contributed by atoms with Crippen LogP contribution in [0.4, 0.5) is 0 Å². The van der Waals surface area contributed by atoms with Crippen LogP contribution in [0.25, 0.3) is 11.6 Å². The SMILES string of the molecule is COc1cccc(/C(=C\c2ccc(C#N)cc2)C(C)(C)NCc2ccccc2)c1. The van der Waals surface area contributed by atoms with Gasteiger partial charge >= 0.3 is 0 Å². The fraction of sp³-hybridized carbons (Fsp3) is 0.192. The maximum Gasteiger partial charge on any atom is 0.119 e. The molecule has 0 unspecified atom stereocenters. The van der Waals surface area contributed by atoms with Gasteiger partial charge in [-0.2, -0.15) is 5.26 Å². The van der Waals surface area contributed by atoms with E-state index in [0.29, 0.717) is 5.56 Å². The van der Waals surface area contributed by atoms with Crippen molar-refractivity contribution in [1.82, 2.24) is 5.32 Å². The number of benzene rings is 3. The summed E-state index contributed by atoms with van der Waals surface area (Å²) < 4.78 is 5.44. The van der Waals surface area contributed by atoms with Crippen LogP contribution < -0.4 is 10.1 Å². The third-order valence-corrected chi connectivity index (χ3v) is 4.98. The third kappa shape index (κ3) is 5.34. The second-order valence-electron chi connectivity index (χ2n) is 7.49. The molecule has 0 saturated carbocycles. The zero-order chi connectivity index (χ0) is 20.7. The number of nitrogens with one attached hydrogen (secondary N) is 1. The molecule has 0 aromatic heterocycles. The van der Waals surface area contributed by atoms with Gasteiger partial charge in [-0.25, -0.2) is 0 Å². The molecule has 1 N–H and O–H groups in total. The minimum absolute atomic E-state index is 0.296. The van der Waals surface area contributed by atoms with Crippen molar-refractivity contribution in [3.8, 4) is 11.8 Å². The van der Waals surface area contributed by atoms with Crippen LogP contribution in [0.1, 0.15) is 36.1 Å². The topological polar surface area (TPSA) is 45.0 Å². The molecule has 3 aromatic carbocycles. The minimum atomic E-state index is -0.296. The zero-order valence-corrected chi connectivity index (χ0v) is 17.1. The Morgan fingerprint density at radius 1 is 1.00 bits per heavy atom. The van der Waals surface area contributed by atoms with Gasteiger partial charge in [0.25, 0.3) is 0 Å². The molecule has 146 valence electrons. The molecule has 0 saturated heterocycles. The van der Waals surface area contributed by atoms with Gasteiger partial charge in [0.1, 0.15) is 5.75 Å². The van der Waals surface area contributed by atoms with E-state index in [1.165, 1.54) is 5.56 Å². The van der Waals surface area contributed by atoms with Crippen LogP contribution in [0.15, 0.2) is 78.9 Å². The summed E-state index contributed by atoms with van der Waals surface area (Å²) in [5.74, 6) is 0.826. The van der Waals surface area contributed by atoms with Crippen LogP contribution in [-0.4, -0.2) is 12.6 Å². The summed E-state index contributed by atoms with van der Waals surface area (Å²) in [6.07, 6.45) is 2.17. The summed E-state index contributed by atoms with van der Waals surface area (Å²) in [6, 6.07) is 28.3. The number of nitriles is 1. The number of ether oxygens (including phenoxy) is 1. The van der Waals surface area contributed by atoms with E-state index in [1.54, 1.807) is 7.11 Å².